The minimum Gasteiger partial charge on any atom is -0.393 e. The van der Waals surface area contributed by atoms with Crippen molar-refractivity contribution in [3.63, 3.8) is 0 Å². The molecule has 8 atom stereocenters. The lowest BCUT2D eigenvalue weighted by Gasteiger charge is -2.63. The number of Topliss-reactive ketones (excluding diaryl/α,β-unsaturated/α-hetero) is 1. The van der Waals surface area contributed by atoms with E-state index in [9.17, 15) is 9.90 Å². The Morgan fingerprint density at radius 3 is 2.42 bits per heavy atom. The van der Waals surface area contributed by atoms with E-state index < -0.39 is 0 Å². The van der Waals surface area contributed by atoms with E-state index in [1.165, 1.54) is 51.4 Å². The van der Waals surface area contributed by atoms with Crippen LogP contribution in [0.3, 0.4) is 0 Å². The van der Waals surface area contributed by atoms with E-state index in [4.69, 9.17) is 0 Å². The number of carbonyl (C=O) groups is 1. The summed E-state index contributed by atoms with van der Waals surface area (Å²) in [5.41, 5.74) is 0.854. The summed E-state index contributed by atoms with van der Waals surface area (Å²) in [6.07, 6.45) is 13.1. The smallest absolute Gasteiger partial charge is 0.139 e. The highest BCUT2D eigenvalue weighted by Gasteiger charge is 2.68. The Hall–Kier alpha value is -0.370. The molecule has 1 spiro atoms. The van der Waals surface area contributed by atoms with Gasteiger partial charge in [-0.3, -0.25) is 4.79 Å². The van der Waals surface area contributed by atoms with Crippen molar-refractivity contribution in [1.82, 2.24) is 0 Å². The molecule has 0 bridgehead atoms. The zero-order valence-electron chi connectivity index (χ0n) is 15.5. The average molecular weight is 331 g/mol. The van der Waals surface area contributed by atoms with Gasteiger partial charge in [-0.05, 0) is 98.7 Å². The molecule has 0 heterocycles. The van der Waals surface area contributed by atoms with Crippen LogP contribution in [0.5, 0.6) is 0 Å². The zero-order chi connectivity index (χ0) is 16.7. The van der Waals surface area contributed by atoms with Crippen LogP contribution in [0.1, 0.15) is 84.5 Å². The predicted octanol–water partition coefficient (Wildman–Crippen LogP) is 4.74. The molecule has 0 aromatic rings. The van der Waals surface area contributed by atoms with Crippen molar-refractivity contribution >= 4 is 5.78 Å². The van der Waals surface area contributed by atoms with Gasteiger partial charge >= 0.3 is 0 Å². The predicted molar refractivity (Wildman–Crippen MR) is 94.4 cm³/mol. The second-order valence-corrected chi connectivity index (χ2v) is 10.6. The Labute approximate surface area is 146 Å². The first kappa shape index (κ1) is 15.9. The Morgan fingerprint density at radius 2 is 1.71 bits per heavy atom. The van der Waals surface area contributed by atoms with Crippen LogP contribution < -0.4 is 0 Å². The molecule has 0 aliphatic heterocycles. The van der Waals surface area contributed by atoms with Gasteiger partial charge in [-0.1, -0.05) is 13.8 Å². The third-order valence-electron chi connectivity index (χ3n) is 10.3. The maximum absolute atomic E-state index is 12.6. The molecule has 1 N–H and O–H groups in total. The topological polar surface area (TPSA) is 37.3 Å². The molecule has 24 heavy (non-hydrogen) atoms. The molecule has 0 aromatic carbocycles. The molecule has 0 saturated heterocycles. The van der Waals surface area contributed by atoms with E-state index in [-0.39, 0.29) is 11.5 Å². The maximum atomic E-state index is 12.6. The van der Waals surface area contributed by atoms with Gasteiger partial charge in [-0.15, -0.1) is 0 Å². The van der Waals surface area contributed by atoms with Gasteiger partial charge in [0, 0.05) is 11.8 Å². The molecule has 0 radical (unpaired) electrons. The van der Waals surface area contributed by atoms with E-state index in [1.807, 2.05) is 0 Å². The van der Waals surface area contributed by atoms with Crippen molar-refractivity contribution in [2.45, 2.75) is 90.6 Å². The summed E-state index contributed by atoms with van der Waals surface area (Å²) in [6.45, 7) is 5.05. The summed E-state index contributed by atoms with van der Waals surface area (Å²) >= 11 is 0. The fraction of sp³-hybridized carbons (Fsp3) is 0.955. The molecule has 5 aliphatic rings. The van der Waals surface area contributed by atoms with Gasteiger partial charge < -0.3 is 5.11 Å². The van der Waals surface area contributed by atoms with Gasteiger partial charge in [0.25, 0.3) is 0 Å². The highest BCUT2D eigenvalue weighted by molar-refractivity contribution is 5.91. The minimum absolute atomic E-state index is 0.0455. The van der Waals surface area contributed by atoms with Crippen molar-refractivity contribution in [2.75, 3.05) is 0 Å². The summed E-state index contributed by atoms with van der Waals surface area (Å²) in [7, 11) is 0. The molecule has 5 saturated carbocycles. The average Bonchev–Trinajstić information content (AvgIpc) is 2.89. The normalized spacial score (nSPS) is 59.5. The van der Waals surface area contributed by atoms with E-state index in [0.29, 0.717) is 16.6 Å². The van der Waals surface area contributed by atoms with Crippen molar-refractivity contribution in [2.24, 2.45) is 39.9 Å². The number of hydrogen-bond donors (Lipinski definition) is 1. The lowest BCUT2D eigenvalue weighted by Crippen LogP contribution is -2.58. The Kier molecular flexibility index (Phi) is 3.22. The molecule has 2 heteroatoms. The molecule has 0 amide bonds. The number of hydrogen-bond acceptors (Lipinski definition) is 2. The monoisotopic (exact) mass is 330 g/mol. The number of rotatable bonds is 0. The molecular weight excluding hydrogens is 296 g/mol. The highest BCUT2D eigenvalue weighted by atomic mass is 16.3. The molecule has 5 rings (SSSR count). The highest BCUT2D eigenvalue weighted by Crippen LogP contribution is 2.73. The van der Waals surface area contributed by atoms with E-state index >= 15 is 0 Å². The van der Waals surface area contributed by atoms with Gasteiger partial charge in [-0.2, -0.15) is 0 Å². The van der Waals surface area contributed by atoms with Gasteiger partial charge in [0.15, 0.2) is 0 Å². The van der Waals surface area contributed by atoms with Crippen molar-refractivity contribution < 1.29 is 9.90 Å². The number of carbonyl (C=O) groups excluding carboxylic acids is 1. The van der Waals surface area contributed by atoms with Crippen LogP contribution in [0.15, 0.2) is 0 Å². The summed E-state index contributed by atoms with van der Waals surface area (Å²) in [6, 6.07) is 0. The molecule has 0 aromatic heterocycles. The van der Waals surface area contributed by atoms with Gasteiger partial charge in [0.2, 0.25) is 0 Å². The molecular formula is C22H34O2. The summed E-state index contributed by atoms with van der Waals surface area (Å²) in [5, 5.41) is 10.1. The van der Waals surface area contributed by atoms with Crippen LogP contribution in [-0.2, 0) is 4.79 Å². The largest absolute Gasteiger partial charge is 0.393 e. The van der Waals surface area contributed by atoms with E-state index in [0.717, 1.165) is 42.9 Å². The quantitative estimate of drug-likeness (QED) is 0.696. The maximum Gasteiger partial charge on any atom is 0.139 e. The number of aliphatic hydroxyl groups is 1. The van der Waals surface area contributed by atoms with Crippen LogP contribution in [0.4, 0.5) is 0 Å². The Bertz CT molecular complexity index is 570. The second-order valence-electron chi connectivity index (χ2n) is 10.6. The van der Waals surface area contributed by atoms with Crippen molar-refractivity contribution in [3.8, 4) is 0 Å². The van der Waals surface area contributed by atoms with Crippen LogP contribution >= 0.6 is 0 Å². The molecule has 134 valence electrons. The Balaban J connectivity index is 1.46. The fourth-order valence-corrected chi connectivity index (χ4v) is 8.77. The summed E-state index contributed by atoms with van der Waals surface area (Å²) < 4.78 is 0. The Morgan fingerprint density at radius 1 is 0.917 bits per heavy atom. The number of aliphatic hydroxyl groups excluding tert-OH is 1. The number of ketones is 1. The van der Waals surface area contributed by atoms with Crippen LogP contribution in [0, 0.1) is 39.9 Å². The van der Waals surface area contributed by atoms with Crippen LogP contribution in [0.2, 0.25) is 0 Å². The third-order valence-corrected chi connectivity index (χ3v) is 10.3. The number of fused-ring (bicyclic) bond motifs is 6. The third kappa shape index (κ3) is 1.70. The first-order valence-electron chi connectivity index (χ1n) is 10.6. The van der Waals surface area contributed by atoms with Crippen molar-refractivity contribution in [3.05, 3.63) is 0 Å². The molecule has 5 aliphatic carbocycles. The lowest BCUT2D eigenvalue weighted by atomic mass is 9.41. The minimum atomic E-state index is -0.0455. The lowest BCUT2D eigenvalue weighted by molar-refractivity contribution is -0.166. The zero-order valence-corrected chi connectivity index (χ0v) is 15.5. The molecule has 5 fully saturated rings. The second kappa shape index (κ2) is 4.87. The summed E-state index contributed by atoms with van der Waals surface area (Å²) in [5.74, 6) is 3.85. The van der Waals surface area contributed by atoms with Crippen molar-refractivity contribution in [1.29, 1.82) is 0 Å². The first-order valence-corrected chi connectivity index (χ1v) is 10.6. The summed E-state index contributed by atoms with van der Waals surface area (Å²) in [4.78, 5) is 12.6. The standard InChI is InChI=1S/C22H34O2/c1-20-9-5-15(23)13-14(20)3-4-16-17(20)6-10-21(2)18(16)7-11-22(21)12-8-19(22)24/h14-18,23H,3-13H2,1-2H3/t14?,15?,16-,17+,18+,20+,21+,22?/m1/s1. The van der Waals surface area contributed by atoms with E-state index in [2.05, 4.69) is 13.8 Å². The van der Waals surface area contributed by atoms with Gasteiger partial charge in [0.05, 0.1) is 6.10 Å². The molecule has 2 nitrogen and oxygen atoms in total. The first-order chi connectivity index (χ1) is 11.4. The van der Waals surface area contributed by atoms with Crippen LogP contribution in [-0.4, -0.2) is 17.0 Å². The molecule has 3 unspecified atom stereocenters. The van der Waals surface area contributed by atoms with Crippen LogP contribution in [0.25, 0.3) is 0 Å². The SMILES string of the molecule is C[C@]12CCC(O)CC1CC[C@@H]1[C@@H]2CC[C@@]2(C)[C@H]1CCC21CCC1=O. The van der Waals surface area contributed by atoms with Gasteiger partial charge in [0.1, 0.15) is 5.78 Å². The van der Waals surface area contributed by atoms with E-state index in [1.54, 1.807) is 0 Å². The van der Waals surface area contributed by atoms with Gasteiger partial charge in [-0.25, -0.2) is 0 Å². The fourth-order valence-electron chi connectivity index (χ4n) is 8.77.